The van der Waals surface area contributed by atoms with Crippen LogP contribution in [0.4, 0.5) is 0 Å². The van der Waals surface area contributed by atoms with Crippen LogP contribution < -0.4 is 5.32 Å². The van der Waals surface area contributed by atoms with Crippen molar-refractivity contribution in [2.75, 3.05) is 6.54 Å². The van der Waals surface area contributed by atoms with Crippen molar-refractivity contribution in [1.82, 2.24) is 5.32 Å². The third-order valence-corrected chi connectivity index (χ3v) is 4.39. The fourth-order valence-corrected chi connectivity index (χ4v) is 3.12. The Kier molecular flexibility index (Phi) is 4.55. The summed E-state index contributed by atoms with van der Waals surface area (Å²) in [5.41, 5.74) is 2.67. The number of thiophene rings is 1. The summed E-state index contributed by atoms with van der Waals surface area (Å²) in [6.07, 6.45) is 7.26. The molecule has 0 atom stereocenters. The minimum atomic E-state index is -0.828. The zero-order valence-corrected chi connectivity index (χ0v) is 11.5. The molecule has 0 aliphatic heterocycles. The predicted molar refractivity (Wildman–Crippen MR) is 74.3 cm³/mol. The molecule has 0 radical (unpaired) electrons. The molecule has 1 aliphatic rings. The van der Waals surface area contributed by atoms with Crippen molar-refractivity contribution in [3.05, 3.63) is 33.0 Å². The van der Waals surface area contributed by atoms with Crippen LogP contribution in [0.3, 0.4) is 0 Å². The van der Waals surface area contributed by atoms with Gasteiger partial charge in [0.05, 0.1) is 0 Å². The van der Waals surface area contributed by atoms with Crippen LogP contribution in [0.15, 0.2) is 17.7 Å². The summed E-state index contributed by atoms with van der Waals surface area (Å²) < 4.78 is 0. The highest BCUT2D eigenvalue weighted by Gasteiger charge is 2.10. The maximum absolute atomic E-state index is 10.9. The van der Waals surface area contributed by atoms with E-state index in [1.165, 1.54) is 30.6 Å². The molecular weight excluding hydrogens is 246 g/mol. The van der Waals surface area contributed by atoms with Gasteiger partial charge in [-0.15, -0.1) is 11.3 Å². The first-order valence-electron chi connectivity index (χ1n) is 6.38. The summed E-state index contributed by atoms with van der Waals surface area (Å²) in [6.45, 7) is 3.72. The topological polar surface area (TPSA) is 49.3 Å². The molecule has 98 valence electrons. The average molecular weight is 265 g/mol. The van der Waals surface area contributed by atoms with E-state index in [0.717, 1.165) is 30.0 Å². The monoisotopic (exact) mass is 265 g/mol. The van der Waals surface area contributed by atoms with Crippen molar-refractivity contribution < 1.29 is 9.90 Å². The molecule has 4 heteroatoms. The zero-order valence-electron chi connectivity index (χ0n) is 10.7. The summed E-state index contributed by atoms with van der Waals surface area (Å²) in [6, 6.07) is 1.78. The van der Waals surface area contributed by atoms with Crippen LogP contribution in [-0.2, 0) is 6.54 Å². The van der Waals surface area contributed by atoms with Gasteiger partial charge in [-0.1, -0.05) is 11.6 Å². The van der Waals surface area contributed by atoms with Crippen molar-refractivity contribution in [2.45, 2.75) is 39.2 Å². The van der Waals surface area contributed by atoms with Crippen LogP contribution >= 0.6 is 11.3 Å². The molecule has 1 aliphatic carbocycles. The van der Waals surface area contributed by atoms with Gasteiger partial charge in [0.15, 0.2) is 0 Å². The maximum Gasteiger partial charge on any atom is 0.345 e. The van der Waals surface area contributed by atoms with Crippen LogP contribution in [-0.4, -0.2) is 17.6 Å². The number of aromatic carboxylic acids is 1. The average Bonchev–Trinajstić information content (AvgIpc) is 2.94. The molecule has 2 N–H and O–H groups in total. The minimum Gasteiger partial charge on any atom is -0.477 e. The highest BCUT2D eigenvalue weighted by atomic mass is 32.1. The van der Waals surface area contributed by atoms with Gasteiger partial charge < -0.3 is 10.4 Å². The number of carboxylic acids is 1. The van der Waals surface area contributed by atoms with E-state index in [0.29, 0.717) is 4.88 Å². The number of carboxylic acid groups (broad SMARTS) is 1. The van der Waals surface area contributed by atoms with Crippen LogP contribution in [0.5, 0.6) is 0 Å². The van der Waals surface area contributed by atoms with Gasteiger partial charge in [-0.3, -0.25) is 0 Å². The number of allylic oxidation sites excluding steroid dienone is 1. The van der Waals surface area contributed by atoms with Gasteiger partial charge in [0, 0.05) is 11.4 Å². The Morgan fingerprint density at radius 1 is 1.56 bits per heavy atom. The molecule has 1 aromatic heterocycles. The molecule has 0 amide bonds. The molecule has 1 heterocycles. The number of aryl methyl sites for hydroxylation is 1. The van der Waals surface area contributed by atoms with Gasteiger partial charge >= 0.3 is 5.97 Å². The van der Waals surface area contributed by atoms with Gasteiger partial charge in [-0.05, 0) is 50.8 Å². The molecule has 0 spiro atoms. The Hall–Kier alpha value is -1.13. The molecule has 0 bridgehead atoms. The molecule has 2 rings (SSSR count). The van der Waals surface area contributed by atoms with Crippen molar-refractivity contribution in [3.8, 4) is 0 Å². The van der Waals surface area contributed by atoms with Gasteiger partial charge in [0.2, 0.25) is 0 Å². The molecule has 0 saturated carbocycles. The number of hydrogen-bond acceptors (Lipinski definition) is 3. The van der Waals surface area contributed by atoms with Gasteiger partial charge in [-0.2, -0.15) is 0 Å². The van der Waals surface area contributed by atoms with Gasteiger partial charge in [-0.25, -0.2) is 4.79 Å². The van der Waals surface area contributed by atoms with Crippen LogP contribution in [0.1, 0.15) is 45.8 Å². The minimum absolute atomic E-state index is 0.433. The number of nitrogens with one attached hydrogen (secondary N) is 1. The fourth-order valence-electron chi connectivity index (χ4n) is 2.24. The molecule has 1 aromatic rings. The Morgan fingerprint density at radius 2 is 2.39 bits per heavy atom. The Bertz CT molecular complexity index is 462. The largest absolute Gasteiger partial charge is 0.477 e. The second-order valence-electron chi connectivity index (χ2n) is 4.68. The van der Waals surface area contributed by atoms with Crippen molar-refractivity contribution in [3.63, 3.8) is 0 Å². The van der Waals surface area contributed by atoms with Crippen LogP contribution in [0.25, 0.3) is 0 Å². The highest BCUT2D eigenvalue weighted by Crippen LogP contribution is 2.22. The molecule has 3 nitrogen and oxygen atoms in total. The third kappa shape index (κ3) is 3.43. The van der Waals surface area contributed by atoms with E-state index in [2.05, 4.69) is 11.4 Å². The Balaban J connectivity index is 1.77. The van der Waals surface area contributed by atoms with E-state index in [1.54, 1.807) is 11.6 Å². The second kappa shape index (κ2) is 6.16. The maximum atomic E-state index is 10.9. The number of rotatable bonds is 6. The molecular formula is C14H19NO2S. The highest BCUT2D eigenvalue weighted by molar-refractivity contribution is 7.14. The summed E-state index contributed by atoms with van der Waals surface area (Å²) >= 11 is 1.35. The molecule has 0 saturated heterocycles. The first kappa shape index (κ1) is 13.3. The van der Waals surface area contributed by atoms with Crippen LogP contribution in [0.2, 0.25) is 0 Å². The number of carbonyl (C=O) groups is 1. The lowest BCUT2D eigenvalue weighted by atomic mass is 10.1. The zero-order chi connectivity index (χ0) is 13.0. The lowest BCUT2D eigenvalue weighted by molar-refractivity contribution is 0.0702. The predicted octanol–water partition coefficient (Wildman–Crippen LogP) is 3.34. The van der Waals surface area contributed by atoms with Gasteiger partial charge in [0.1, 0.15) is 4.88 Å². The van der Waals surface area contributed by atoms with E-state index in [4.69, 9.17) is 5.11 Å². The smallest absolute Gasteiger partial charge is 0.345 e. The normalized spacial score (nSPS) is 14.8. The Morgan fingerprint density at radius 3 is 3.00 bits per heavy atom. The van der Waals surface area contributed by atoms with Crippen molar-refractivity contribution in [1.29, 1.82) is 0 Å². The molecule has 0 fully saturated rings. The van der Waals surface area contributed by atoms with Crippen molar-refractivity contribution in [2.24, 2.45) is 0 Å². The van der Waals surface area contributed by atoms with E-state index in [-0.39, 0.29) is 0 Å². The second-order valence-corrected chi connectivity index (χ2v) is 5.93. The summed E-state index contributed by atoms with van der Waals surface area (Å²) in [4.78, 5) is 12.4. The summed E-state index contributed by atoms with van der Waals surface area (Å²) in [7, 11) is 0. The van der Waals surface area contributed by atoms with Gasteiger partial charge in [0.25, 0.3) is 0 Å². The number of hydrogen-bond donors (Lipinski definition) is 2. The molecule has 0 unspecified atom stereocenters. The Labute approximate surface area is 112 Å². The summed E-state index contributed by atoms with van der Waals surface area (Å²) in [5, 5.41) is 12.3. The van der Waals surface area contributed by atoms with Crippen molar-refractivity contribution >= 4 is 17.3 Å². The summed E-state index contributed by atoms with van der Waals surface area (Å²) in [5.74, 6) is -0.828. The first-order valence-corrected chi connectivity index (χ1v) is 7.19. The van der Waals surface area contributed by atoms with E-state index >= 15 is 0 Å². The first-order chi connectivity index (χ1) is 8.66. The third-order valence-electron chi connectivity index (χ3n) is 3.30. The SMILES string of the molecule is Cc1sc(C(=O)O)cc1CNCCC1=CCCC1. The molecule has 18 heavy (non-hydrogen) atoms. The van der Waals surface area contributed by atoms with E-state index < -0.39 is 5.97 Å². The van der Waals surface area contributed by atoms with Crippen LogP contribution in [0, 0.1) is 6.92 Å². The quantitative estimate of drug-likeness (QED) is 0.612. The fraction of sp³-hybridized carbons (Fsp3) is 0.500. The molecule has 0 aromatic carbocycles. The standard InChI is InChI=1S/C14H19NO2S/c1-10-12(8-13(18-10)14(16)17)9-15-7-6-11-4-2-3-5-11/h4,8,15H,2-3,5-7,9H2,1H3,(H,16,17). The lowest BCUT2D eigenvalue weighted by Crippen LogP contribution is -2.15. The van der Waals surface area contributed by atoms with E-state index in [1.807, 2.05) is 6.92 Å². The lowest BCUT2D eigenvalue weighted by Gasteiger charge is -2.05. The van der Waals surface area contributed by atoms with E-state index in [9.17, 15) is 4.79 Å².